The van der Waals surface area contributed by atoms with Gasteiger partial charge in [-0.3, -0.25) is 4.79 Å². The van der Waals surface area contributed by atoms with E-state index in [0.29, 0.717) is 0 Å². The molecule has 4 rings (SSSR count). The number of hydrogen-bond donors (Lipinski definition) is 2. The minimum atomic E-state index is -0.718. The predicted octanol–water partition coefficient (Wildman–Crippen LogP) is 1.45. The first-order valence-corrected chi connectivity index (χ1v) is 9.76. The summed E-state index contributed by atoms with van der Waals surface area (Å²) in [5.41, 5.74) is 2.70. The van der Waals surface area contributed by atoms with Gasteiger partial charge in [0.25, 0.3) is 0 Å². The van der Waals surface area contributed by atoms with E-state index in [1.165, 1.54) is 24.1 Å². The Morgan fingerprint density at radius 3 is 2.62 bits per heavy atom. The molecule has 3 aliphatic rings. The Morgan fingerprint density at radius 1 is 1.23 bits per heavy atom. The van der Waals surface area contributed by atoms with E-state index in [4.69, 9.17) is 9.97 Å². The van der Waals surface area contributed by atoms with Crippen LogP contribution in [0.3, 0.4) is 0 Å². The highest BCUT2D eigenvalue weighted by Crippen LogP contribution is 2.41. The van der Waals surface area contributed by atoms with Crippen molar-refractivity contribution in [3.63, 3.8) is 0 Å². The lowest BCUT2D eigenvalue weighted by atomic mass is 9.76. The molecule has 0 amide bonds. The van der Waals surface area contributed by atoms with Crippen LogP contribution in [0, 0.1) is 5.41 Å². The zero-order valence-electron chi connectivity index (χ0n) is 15.8. The van der Waals surface area contributed by atoms with Gasteiger partial charge in [0.05, 0.1) is 5.69 Å². The van der Waals surface area contributed by atoms with Gasteiger partial charge in [0.1, 0.15) is 11.9 Å². The molecule has 7 nitrogen and oxygen atoms in total. The summed E-state index contributed by atoms with van der Waals surface area (Å²) in [4.78, 5) is 25.4. The molecule has 7 heteroatoms. The molecule has 0 aromatic carbocycles. The highest BCUT2D eigenvalue weighted by Gasteiger charge is 2.44. The second kappa shape index (κ2) is 6.68. The Kier molecular flexibility index (Phi) is 4.50. The summed E-state index contributed by atoms with van der Waals surface area (Å²) in [6, 6.07) is -0.381. The first-order valence-electron chi connectivity index (χ1n) is 9.76. The fraction of sp³-hybridized carbons (Fsp3) is 0.737. The summed E-state index contributed by atoms with van der Waals surface area (Å²) in [7, 11) is 3.99. The van der Waals surface area contributed by atoms with E-state index in [2.05, 4.69) is 10.2 Å². The Bertz CT molecular complexity index is 697. The van der Waals surface area contributed by atoms with Gasteiger partial charge in [0.15, 0.2) is 0 Å². The second-order valence-corrected chi connectivity index (χ2v) is 8.34. The first kappa shape index (κ1) is 17.5. The van der Waals surface area contributed by atoms with Crippen LogP contribution in [0.15, 0.2) is 0 Å². The average Bonchev–Trinajstić information content (AvgIpc) is 3.05. The topological polar surface area (TPSA) is 81.6 Å². The Balaban J connectivity index is 1.54. The number of nitrogens with zero attached hydrogens (tertiary/aromatic N) is 4. The van der Waals surface area contributed by atoms with E-state index in [9.17, 15) is 9.90 Å². The van der Waals surface area contributed by atoms with E-state index in [1.807, 2.05) is 19.0 Å². The largest absolute Gasteiger partial charge is 0.480 e. The SMILES string of the molecule is CN(C)c1nc2c(c(N3CCC4(CC3)CNC(C(=O)O)C4)n1)CCCC2. The van der Waals surface area contributed by atoms with Gasteiger partial charge in [-0.1, -0.05) is 0 Å². The fourth-order valence-electron chi connectivity index (χ4n) is 4.69. The number of carbonyl (C=O) groups is 1. The van der Waals surface area contributed by atoms with Crippen LogP contribution in [-0.4, -0.2) is 60.8 Å². The summed E-state index contributed by atoms with van der Waals surface area (Å²) < 4.78 is 0. The third kappa shape index (κ3) is 3.13. The Labute approximate surface area is 154 Å². The third-order valence-electron chi connectivity index (χ3n) is 6.33. The maximum Gasteiger partial charge on any atom is 0.320 e. The van der Waals surface area contributed by atoms with Crippen LogP contribution >= 0.6 is 0 Å². The molecule has 0 bridgehead atoms. The summed E-state index contributed by atoms with van der Waals surface area (Å²) >= 11 is 0. The molecule has 1 unspecified atom stereocenters. The maximum atomic E-state index is 11.3. The van der Waals surface area contributed by atoms with Crippen LogP contribution in [0.2, 0.25) is 0 Å². The lowest BCUT2D eigenvalue weighted by Gasteiger charge is -2.40. The molecule has 0 saturated carbocycles. The molecule has 142 valence electrons. The quantitative estimate of drug-likeness (QED) is 0.845. The van der Waals surface area contributed by atoms with Gasteiger partial charge in [-0.2, -0.15) is 4.98 Å². The van der Waals surface area contributed by atoms with Crippen molar-refractivity contribution < 1.29 is 9.90 Å². The lowest BCUT2D eigenvalue weighted by molar-refractivity contribution is -0.139. The van der Waals surface area contributed by atoms with Gasteiger partial charge in [-0.05, 0) is 50.4 Å². The highest BCUT2D eigenvalue weighted by molar-refractivity contribution is 5.74. The number of aliphatic carboxylic acids is 1. The monoisotopic (exact) mass is 359 g/mol. The van der Waals surface area contributed by atoms with Gasteiger partial charge in [0.2, 0.25) is 5.95 Å². The lowest BCUT2D eigenvalue weighted by Crippen LogP contribution is -2.42. The smallest absolute Gasteiger partial charge is 0.320 e. The number of nitrogens with one attached hydrogen (secondary N) is 1. The van der Waals surface area contributed by atoms with E-state index in [-0.39, 0.29) is 11.5 Å². The first-order chi connectivity index (χ1) is 12.5. The van der Waals surface area contributed by atoms with Crippen molar-refractivity contribution in [1.29, 1.82) is 0 Å². The van der Waals surface area contributed by atoms with Gasteiger partial charge in [-0.25, -0.2) is 4.98 Å². The minimum absolute atomic E-state index is 0.136. The third-order valence-corrected chi connectivity index (χ3v) is 6.33. The number of carboxylic acids is 1. The van der Waals surface area contributed by atoms with E-state index in [1.54, 1.807) is 0 Å². The summed E-state index contributed by atoms with van der Waals surface area (Å²) in [6.45, 7) is 2.72. The van der Waals surface area contributed by atoms with Gasteiger partial charge >= 0.3 is 5.97 Å². The maximum absolute atomic E-state index is 11.3. The van der Waals surface area contributed by atoms with Crippen molar-refractivity contribution in [1.82, 2.24) is 15.3 Å². The Hall–Kier alpha value is -1.89. The van der Waals surface area contributed by atoms with Crippen LogP contribution in [-0.2, 0) is 17.6 Å². The zero-order chi connectivity index (χ0) is 18.3. The number of anilines is 2. The summed E-state index contributed by atoms with van der Waals surface area (Å²) in [6.07, 6.45) is 7.35. The van der Waals surface area contributed by atoms with Gasteiger partial charge in [0, 0.05) is 39.3 Å². The summed E-state index contributed by atoms with van der Waals surface area (Å²) in [5.74, 6) is 1.20. The molecular weight excluding hydrogens is 330 g/mol. The minimum Gasteiger partial charge on any atom is -0.480 e. The number of carboxylic acid groups (broad SMARTS) is 1. The van der Waals surface area contributed by atoms with Crippen molar-refractivity contribution in [3.05, 3.63) is 11.3 Å². The van der Waals surface area contributed by atoms with Crippen LogP contribution in [0.25, 0.3) is 0 Å². The van der Waals surface area contributed by atoms with E-state index < -0.39 is 5.97 Å². The molecular formula is C19H29N5O2. The van der Waals surface area contributed by atoms with Gasteiger partial charge in [-0.15, -0.1) is 0 Å². The normalized spacial score (nSPS) is 24.5. The fourth-order valence-corrected chi connectivity index (χ4v) is 4.69. The van der Waals surface area contributed by atoms with Crippen molar-refractivity contribution in [2.45, 2.75) is 51.0 Å². The molecule has 1 aliphatic carbocycles. The number of rotatable bonds is 3. The van der Waals surface area contributed by atoms with Crippen molar-refractivity contribution >= 4 is 17.7 Å². The van der Waals surface area contributed by atoms with Crippen LogP contribution in [0.5, 0.6) is 0 Å². The highest BCUT2D eigenvalue weighted by atomic mass is 16.4. The molecule has 26 heavy (non-hydrogen) atoms. The molecule has 2 fully saturated rings. The number of hydrogen-bond acceptors (Lipinski definition) is 6. The summed E-state index contributed by atoms with van der Waals surface area (Å²) in [5, 5.41) is 12.5. The van der Waals surface area contributed by atoms with Crippen LogP contribution in [0.1, 0.15) is 43.4 Å². The zero-order valence-corrected chi connectivity index (χ0v) is 15.8. The van der Waals surface area contributed by atoms with E-state index in [0.717, 1.165) is 63.5 Å². The second-order valence-electron chi connectivity index (χ2n) is 8.34. The number of fused-ring (bicyclic) bond motifs is 1. The average molecular weight is 359 g/mol. The van der Waals surface area contributed by atoms with Crippen LogP contribution in [0.4, 0.5) is 11.8 Å². The van der Waals surface area contributed by atoms with Crippen molar-refractivity contribution in [2.75, 3.05) is 43.5 Å². The number of piperidine rings is 1. The molecule has 2 saturated heterocycles. The Morgan fingerprint density at radius 2 is 1.96 bits per heavy atom. The van der Waals surface area contributed by atoms with Crippen molar-refractivity contribution in [3.8, 4) is 0 Å². The predicted molar refractivity (Wildman–Crippen MR) is 101 cm³/mol. The number of aromatic nitrogens is 2. The molecule has 1 atom stereocenters. The molecule has 2 N–H and O–H groups in total. The molecule has 1 spiro atoms. The molecule has 3 heterocycles. The molecule has 1 aromatic rings. The molecule has 2 aliphatic heterocycles. The van der Waals surface area contributed by atoms with Gasteiger partial charge < -0.3 is 20.2 Å². The van der Waals surface area contributed by atoms with Crippen LogP contribution < -0.4 is 15.1 Å². The van der Waals surface area contributed by atoms with Crippen molar-refractivity contribution in [2.24, 2.45) is 5.41 Å². The number of aryl methyl sites for hydroxylation is 1. The van der Waals surface area contributed by atoms with E-state index >= 15 is 0 Å². The molecule has 0 radical (unpaired) electrons. The molecule has 1 aromatic heterocycles. The standard InChI is InChI=1S/C19H29N5O2/c1-23(2)18-21-14-6-4-3-5-13(14)16(22-18)24-9-7-19(8-10-24)11-15(17(25)26)20-12-19/h15,20H,3-12H2,1-2H3,(H,25,26).